The number of hydrogen-bond acceptors (Lipinski definition) is 2. The molecule has 98 valence electrons. The number of carbonyl (C=O) groups excluding carboxylic acids is 1. The maximum absolute atomic E-state index is 11.6. The molecule has 0 aromatic heterocycles. The monoisotopic (exact) mass is 242 g/mol. The molecule has 1 fully saturated rings. The second-order valence-corrected chi connectivity index (χ2v) is 5.34. The third-order valence-corrected chi connectivity index (χ3v) is 3.54. The molecule has 0 heterocycles. The van der Waals surface area contributed by atoms with Gasteiger partial charge in [0, 0.05) is 6.54 Å². The zero-order chi connectivity index (χ0) is 13.1. The summed E-state index contributed by atoms with van der Waals surface area (Å²) in [5.74, 6) is -1.05. The number of aliphatic carboxylic acids is 1. The highest BCUT2D eigenvalue weighted by molar-refractivity contribution is 5.82. The van der Waals surface area contributed by atoms with E-state index in [1.807, 2.05) is 13.8 Å². The van der Waals surface area contributed by atoms with E-state index in [1.165, 1.54) is 0 Å². The highest BCUT2D eigenvalue weighted by atomic mass is 16.4. The van der Waals surface area contributed by atoms with Crippen LogP contribution in [0.4, 0.5) is 4.79 Å². The van der Waals surface area contributed by atoms with E-state index < -0.39 is 12.0 Å². The lowest BCUT2D eigenvalue weighted by atomic mass is 9.99. The van der Waals surface area contributed by atoms with Crippen molar-refractivity contribution in [3.8, 4) is 0 Å². The maximum Gasteiger partial charge on any atom is 0.326 e. The predicted molar refractivity (Wildman–Crippen MR) is 64.8 cm³/mol. The molecule has 3 N–H and O–H groups in total. The Balaban J connectivity index is 2.38. The van der Waals surface area contributed by atoms with E-state index in [9.17, 15) is 9.59 Å². The molecule has 1 aliphatic rings. The molecule has 0 radical (unpaired) electrons. The minimum Gasteiger partial charge on any atom is -0.480 e. The maximum atomic E-state index is 11.6. The van der Waals surface area contributed by atoms with Crippen LogP contribution in [0.15, 0.2) is 0 Å². The van der Waals surface area contributed by atoms with E-state index in [4.69, 9.17) is 5.11 Å². The first-order valence-electron chi connectivity index (χ1n) is 6.15. The fourth-order valence-electron chi connectivity index (χ4n) is 1.56. The van der Waals surface area contributed by atoms with Crippen LogP contribution < -0.4 is 10.6 Å². The van der Waals surface area contributed by atoms with Gasteiger partial charge in [-0.3, -0.25) is 0 Å². The first-order chi connectivity index (χ1) is 7.88. The van der Waals surface area contributed by atoms with Crippen molar-refractivity contribution in [3.63, 3.8) is 0 Å². The Kier molecular flexibility index (Phi) is 4.37. The fourth-order valence-corrected chi connectivity index (χ4v) is 1.56. The summed E-state index contributed by atoms with van der Waals surface area (Å²) in [5.41, 5.74) is 0.229. The number of carboxylic acids is 1. The third-order valence-electron chi connectivity index (χ3n) is 3.54. The topological polar surface area (TPSA) is 78.4 Å². The van der Waals surface area contributed by atoms with Gasteiger partial charge in [0.15, 0.2) is 0 Å². The van der Waals surface area contributed by atoms with Crippen LogP contribution in [-0.2, 0) is 4.79 Å². The predicted octanol–water partition coefficient (Wildman–Crippen LogP) is 1.59. The van der Waals surface area contributed by atoms with Gasteiger partial charge in [-0.1, -0.05) is 27.2 Å². The molecular weight excluding hydrogens is 220 g/mol. The number of rotatable bonds is 6. The summed E-state index contributed by atoms with van der Waals surface area (Å²) in [5, 5.41) is 14.3. The summed E-state index contributed by atoms with van der Waals surface area (Å²) >= 11 is 0. The van der Waals surface area contributed by atoms with Crippen LogP contribution in [0, 0.1) is 11.3 Å². The van der Waals surface area contributed by atoms with Gasteiger partial charge in [0.25, 0.3) is 0 Å². The summed E-state index contributed by atoms with van der Waals surface area (Å²) in [6.45, 7) is 6.45. The van der Waals surface area contributed by atoms with Crippen LogP contribution in [0.25, 0.3) is 0 Å². The van der Waals surface area contributed by atoms with Gasteiger partial charge in [0.1, 0.15) is 6.04 Å². The Morgan fingerprint density at radius 2 is 2.00 bits per heavy atom. The molecule has 0 aromatic carbocycles. The molecule has 17 heavy (non-hydrogen) atoms. The number of nitrogens with one attached hydrogen (secondary N) is 2. The van der Waals surface area contributed by atoms with Gasteiger partial charge >= 0.3 is 12.0 Å². The Morgan fingerprint density at radius 1 is 1.41 bits per heavy atom. The molecule has 0 bridgehead atoms. The molecule has 2 amide bonds. The van der Waals surface area contributed by atoms with Gasteiger partial charge in [-0.15, -0.1) is 0 Å². The number of carboxylic acid groups (broad SMARTS) is 1. The van der Waals surface area contributed by atoms with Gasteiger partial charge in [-0.05, 0) is 24.2 Å². The largest absolute Gasteiger partial charge is 0.480 e. The Hall–Kier alpha value is -1.26. The lowest BCUT2D eigenvalue weighted by Crippen LogP contribution is -2.49. The van der Waals surface area contributed by atoms with E-state index in [1.54, 1.807) is 0 Å². The second kappa shape index (κ2) is 5.38. The summed E-state index contributed by atoms with van der Waals surface area (Å²) < 4.78 is 0. The lowest BCUT2D eigenvalue weighted by Gasteiger charge is -2.21. The van der Waals surface area contributed by atoms with E-state index in [-0.39, 0.29) is 17.4 Å². The van der Waals surface area contributed by atoms with Crippen LogP contribution in [0.2, 0.25) is 0 Å². The van der Waals surface area contributed by atoms with E-state index in [0.29, 0.717) is 6.54 Å². The minimum absolute atomic E-state index is 0.0743. The molecule has 2 unspecified atom stereocenters. The highest BCUT2D eigenvalue weighted by Gasteiger charge is 2.37. The van der Waals surface area contributed by atoms with Crippen molar-refractivity contribution in [1.82, 2.24) is 10.6 Å². The van der Waals surface area contributed by atoms with Crippen LogP contribution in [0.5, 0.6) is 0 Å². The molecule has 2 atom stereocenters. The van der Waals surface area contributed by atoms with Gasteiger partial charge in [0.2, 0.25) is 0 Å². The van der Waals surface area contributed by atoms with E-state index in [0.717, 1.165) is 19.3 Å². The number of hydrogen-bond donors (Lipinski definition) is 3. The highest BCUT2D eigenvalue weighted by Crippen LogP contribution is 2.43. The van der Waals surface area contributed by atoms with Crippen molar-refractivity contribution in [1.29, 1.82) is 0 Å². The van der Waals surface area contributed by atoms with Gasteiger partial charge in [-0.25, -0.2) is 9.59 Å². The number of urea groups is 1. The first kappa shape index (κ1) is 13.8. The second-order valence-electron chi connectivity index (χ2n) is 5.34. The molecule has 5 nitrogen and oxygen atoms in total. The van der Waals surface area contributed by atoms with Gasteiger partial charge < -0.3 is 15.7 Å². The smallest absolute Gasteiger partial charge is 0.326 e. The zero-order valence-electron chi connectivity index (χ0n) is 10.7. The van der Waals surface area contributed by atoms with Crippen LogP contribution in [-0.4, -0.2) is 29.7 Å². The first-order valence-corrected chi connectivity index (χ1v) is 6.15. The lowest BCUT2D eigenvalue weighted by molar-refractivity contribution is -0.140. The molecule has 0 saturated heterocycles. The Labute approximate surface area is 102 Å². The molecular formula is C12H22N2O3. The van der Waals surface area contributed by atoms with Crippen molar-refractivity contribution >= 4 is 12.0 Å². The van der Waals surface area contributed by atoms with Crippen molar-refractivity contribution < 1.29 is 14.7 Å². The van der Waals surface area contributed by atoms with Crippen molar-refractivity contribution in [2.24, 2.45) is 11.3 Å². The normalized spacial score (nSPS) is 20.2. The fraction of sp³-hybridized carbons (Fsp3) is 0.833. The summed E-state index contributed by atoms with van der Waals surface area (Å²) in [6.07, 6.45) is 2.97. The van der Waals surface area contributed by atoms with Gasteiger partial charge in [-0.2, -0.15) is 0 Å². The molecule has 0 aromatic rings. The molecule has 5 heteroatoms. The van der Waals surface area contributed by atoms with Crippen LogP contribution in [0.1, 0.15) is 40.0 Å². The zero-order valence-corrected chi connectivity index (χ0v) is 10.7. The van der Waals surface area contributed by atoms with Crippen molar-refractivity contribution in [2.45, 2.75) is 46.1 Å². The molecule has 0 aliphatic heterocycles. The minimum atomic E-state index is -0.980. The van der Waals surface area contributed by atoms with Crippen LogP contribution in [0.3, 0.4) is 0 Å². The summed E-state index contributed by atoms with van der Waals surface area (Å²) in [4.78, 5) is 22.6. The Morgan fingerprint density at radius 3 is 2.41 bits per heavy atom. The van der Waals surface area contributed by atoms with Gasteiger partial charge in [0.05, 0.1) is 0 Å². The number of amides is 2. The van der Waals surface area contributed by atoms with Crippen molar-refractivity contribution in [3.05, 3.63) is 0 Å². The molecule has 1 rings (SSSR count). The van der Waals surface area contributed by atoms with Crippen molar-refractivity contribution in [2.75, 3.05) is 6.54 Å². The van der Waals surface area contributed by atoms with E-state index >= 15 is 0 Å². The number of carbonyl (C=O) groups is 2. The third kappa shape index (κ3) is 4.24. The average Bonchev–Trinajstić information content (AvgIpc) is 3.01. The quantitative estimate of drug-likeness (QED) is 0.661. The molecule has 1 saturated carbocycles. The molecule has 1 aliphatic carbocycles. The summed E-state index contributed by atoms with van der Waals surface area (Å²) in [7, 11) is 0. The average molecular weight is 242 g/mol. The van der Waals surface area contributed by atoms with E-state index in [2.05, 4.69) is 17.6 Å². The Bertz CT molecular complexity index is 300. The summed E-state index contributed by atoms with van der Waals surface area (Å²) in [6, 6.07) is -1.20. The molecule has 0 spiro atoms. The standard InChI is InChI=1S/C12H22N2O3/c1-4-8(2)9(10(15)16)14-11(17)13-7-12(3)5-6-12/h8-9H,4-7H2,1-3H3,(H,15,16)(H2,13,14,17). The SMILES string of the molecule is CCC(C)C(NC(=O)NCC1(C)CC1)C(=O)O. The van der Waals surface area contributed by atoms with Crippen LogP contribution >= 0.6 is 0 Å².